The fourth-order valence-electron chi connectivity index (χ4n) is 1.88. The van der Waals surface area contributed by atoms with E-state index in [0.717, 1.165) is 11.3 Å². The molecule has 2 rings (SSSR count). The third kappa shape index (κ3) is 4.92. The Kier molecular flexibility index (Phi) is 9.35. The Balaban J connectivity index is 0.00000102. The van der Waals surface area contributed by atoms with E-state index < -0.39 is 0 Å². The molecule has 0 bridgehead atoms. The van der Waals surface area contributed by atoms with Gasteiger partial charge in [-0.1, -0.05) is 58.0 Å². The molecule has 0 saturated heterocycles. The quantitative estimate of drug-likeness (QED) is 0.845. The highest BCUT2D eigenvalue weighted by molar-refractivity contribution is 6.07. The highest BCUT2D eigenvalue weighted by atomic mass is 16.3. The SMILES string of the molecule is CC.CC.Cc1ccccc1N(C)C(=O)c1ccccc1O. The van der Waals surface area contributed by atoms with Crippen LogP contribution in [0.2, 0.25) is 0 Å². The minimum Gasteiger partial charge on any atom is -0.507 e. The summed E-state index contributed by atoms with van der Waals surface area (Å²) in [5.41, 5.74) is 2.16. The number of anilines is 1. The van der Waals surface area contributed by atoms with Crippen LogP contribution in [0.15, 0.2) is 48.5 Å². The molecule has 2 aromatic rings. The second-order valence-corrected chi connectivity index (χ2v) is 4.17. The third-order valence-corrected chi connectivity index (χ3v) is 2.92. The van der Waals surface area contributed by atoms with Crippen molar-refractivity contribution < 1.29 is 9.90 Å². The molecule has 0 radical (unpaired) electrons. The van der Waals surface area contributed by atoms with E-state index in [1.807, 2.05) is 58.9 Å². The van der Waals surface area contributed by atoms with Gasteiger partial charge < -0.3 is 10.0 Å². The number of carbonyl (C=O) groups excluding carboxylic acids is 1. The van der Waals surface area contributed by atoms with Crippen molar-refractivity contribution in [1.82, 2.24) is 0 Å². The molecule has 3 nitrogen and oxygen atoms in total. The minimum atomic E-state index is -0.220. The average molecular weight is 301 g/mol. The van der Waals surface area contributed by atoms with Crippen LogP contribution in [-0.4, -0.2) is 18.1 Å². The van der Waals surface area contributed by atoms with E-state index in [1.165, 1.54) is 6.07 Å². The highest BCUT2D eigenvalue weighted by Gasteiger charge is 2.17. The number of amides is 1. The molecule has 0 heterocycles. The van der Waals surface area contributed by atoms with Crippen molar-refractivity contribution >= 4 is 11.6 Å². The number of hydrogen-bond acceptors (Lipinski definition) is 2. The van der Waals surface area contributed by atoms with E-state index >= 15 is 0 Å². The van der Waals surface area contributed by atoms with Crippen LogP contribution < -0.4 is 4.90 Å². The monoisotopic (exact) mass is 301 g/mol. The van der Waals surface area contributed by atoms with Crippen molar-refractivity contribution in [2.75, 3.05) is 11.9 Å². The lowest BCUT2D eigenvalue weighted by Gasteiger charge is -2.19. The van der Waals surface area contributed by atoms with Gasteiger partial charge in [0.25, 0.3) is 5.91 Å². The maximum atomic E-state index is 12.3. The van der Waals surface area contributed by atoms with Crippen molar-refractivity contribution in [1.29, 1.82) is 0 Å². The molecule has 0 aliphatic heterocycles. The number of carbonyl (C=O) groups is 1. The second kappa shape index (κ2) is 10.4. The molecule has 120 valence electrons. The lowest BCUT2D eigenvalue weighted by atomic mass is 10.1. The van der Waals surface area contributed by atoms with Crippen molar-refractivity contribution in [3.8, 4) is 5.75 Å². The van der Waals surface area contributed by atoms with Crippen LogP contribution in [-0.2, 0) is 0 Å². The Labute approximate surface area is 134 Å². The van der Waals surface area contributed by atoms with Crippen molar-refractivity contribution in [2.45, 2.75) is 34.6 Å². The number of phenols is 1. The van der Waals surface area contributed by atoms with Gasteiger partial charge in [-0.05, 0) is 30.7 Å². The summed E-state index contributed by atoms with van der Waals surface area (Å²) in [5, 5.41) is 9.70. The molecule has 1 amide bonds. The molecule has 0 atom stereocenters. The smallest absolute Gasteiger partial charge is 0.261 e. The van der Waals surface area contributed by atoms with Crippen LogP contribution in [0.1, 0.15) is 43.6 Å². The van der Waals surface area contributed by atoms with E-state index in [0.29, 0.717) is 5.56 Å². The van der Waals surface area contributed by atoms with Gasteiger partial charge in [-0.2, -0.15) is 0 Å². The third-order valence-electron chi connectivity index (χ3n) is 2.92. The van der Waals surface area contributed by atoms with Gasteiger partial charge in [-0.15, -0.1) is 0 Å². The van der Waals surface area contributed by atoms with E-state index in [9.17, 15) is 9.90 Å². The van der Waals surface area contributed by atoms with Crippen molar-refractivity contribution in [2.24, 2.45) is 0 Å². The molecular weight excluding hydrogens is 274 g/mol. The number of benzene rings is 2. The first-order chi connectivity index (χ1) is 10.6. The van der Waals surface area contributed by atoms with E-state index in [4.69, 9.17) is 0 Å². The first kappa shape index (κ1) is 19.7. The topological polar surface area (TPSA) is 40.5 Å². The summed E-state index contributed by atoms with van der Waals surface area (Å²) in [5.74, 6) is -0.217. The fourth-order valence-corrected chi connectivity index (χ4v) is 1.88. The molecule has 0 saturated carbocycles. The molecule has 2 aromatic carbocycles. The first-order valence-corrected chi connectivity index (χ1v) is 7.73. The summed E-state index contributed by atoms with van der Waals surface area (Å²) < 4.78 is 0. The summed E-state index contributed by atoms with van der Waals surface area (Å²) in [6, 6.07) is 14.2. The molecule has 0 spiro atoms. The van der Waals surface area contributed by atoms with Gasteiger partial charge in [0.1, 0.15) is 5.75 Å². The van der Waals surface area contributed by atoms with Gasteiger partial charge in [-0.25, -0.2) is 0 Å². The van der Waals surface area contributed by atoms with Gasteiger partial charge in [0, 0.05) is 12.7 Å². The van der Waals surface area contributed by atoms with Gasteiger partial charge in [0.05, 0.1) is 5.56 Å². The van der Waals surface area contributed by atoms with Crippen LogP contribution >= 0.6 is 0 Å². The Morgan fingerprint density at radius 1 is 0.909 bits per heavy atom. The molecule has 1 N–H and O–H groups in total. The summed E-state index contributed by atoms with van der Waals surface area (Å²) in [4.78, 5) is 13.8. The van der Waals surface area contributed by atoms with Gasteiger partial charge in [-0.3, -0.25) is 4.79 Å². The maximum Gasteiger partial charge on any atom is 0.261 e. The van der Waals surface area contributed by atoms with E-state index in [1.54, 1.807) is 30.1 Å². The molecule has 22 heavy (non-hydrogen) atoms. The molecule has 0 aliphatic rings. The lowest BCUT2D eigenvalue weighted by molar-refractivity contribution is 0.0990. The summed E-state index contributed by atoms with van der Waals surface area (Å²) >= 11 is 0. The number of rotatable bonds is 2. The Bertz CT molecular complexity index is 579. The number of para-hydroxylation sites is 2. The highest BCUT2D eigenvalue weighted by Crippen LogP contribution is 2.23. The van der Waals surface area contributed by atoms with Gasteiger partial charge in [0.15, 0.2) is 0 Å². The first-order valence-electron chi connectivity index (χ1n) is 7.73. The Morgan fingerprint density at radius 2 is 1.41 bits per heavy atom. The predicted octanol–water partition coefficient (Wildman–Crippen LogP) is 5.03. The number of phenolic OH excluding ortho intramolecular Hbond substituents is 1. The molecule has 3 heteroatoms. The van der Waals surface area contributed by atoms with E-state index in [-0.39, 0.29) is 11.7 Å². The zero-order chi connectivity index (χ0) is 17.1. The molecular formula is C19H27NO2. The normalized spacial score (nSPS) is 8.82. The average Bonchev–Trinajstić information content (AvgIpc) is 2.58. The maximum absolute atomic E-state index is 12.3. The van der Waals surface area contributed by atoms with Crippen molar-refractivity contribution in [3.63, 3.8) is 0 Å². The Morgan fingerprint density at radius 3 is 1.95 bits per heavy atom. The van der Waals surface area contributed by atoms with Crippen LogP contribution in [0.3, 0.4) is 0 Å². The summed E-state index contributed by atoms with van der Waals surface area (Å²) in [7, 11) is 1.71. The molecule has 0 aromatic heterocycles. The molecule has 0 unspecified atom stereocenters. The Hall–Kier alpha value is -2.29. The number of hydrogen-bond donors (Lipinski definition) is 1. The van der Waals surface area contributed by atoms with Crippen molar-refractivity contribution in [3.05, 3.63) is 59.7 Å². The lowest BCUT2D eigenvalue weighted by Crippen LogP contribution is -2.26. The van der Waals surface area contributed by atoms with Crippen LogP contribution in [0, 0.1) is 6.92 Å². The van der Waals surface area contributed by atoms with Crippen LogP contribution in [0.4, 0.5) is 5.69 Å². The number of nitrogens with zero attached hydrogens (tertiary/aromatic N) is 1. The van der Waals surface area contributed by atoms with E-state index in [2.05, 4.69) is 0 Å². The summed E-state index contributed by atoms with van der Waals surface area (Å²) in [6.07, 6.45) is 0. The molecule has 0 aliphatic carbocycles. The number of aryl methyl sites for hydroxylation is 1. The number of aromatic hydroxyl groups is 1. The van der Waals surface area contributed by atoms with Crippen LogP contribution in [0.5, 0.6) is 5.75 Å². The standard InChI is InChI=1S/C15H15NO2.2C2H6/c1-11-7-3-5-9-13(11)16(2)15(18)12-8-4-6-10-14(12)17;2*1-2/h3-10,17H,1-2H3;2*1-2H3. The zero-order valence-electron chi connectivity index (χ0n) is 14.4. The summed E-state index contributed by atoms with van der Waals surface area (Å²) in [6.45, 7) is 9.95. The fraction of sp³-hybridized carbons (Fsp3) is 0.316. The molecule has 0 fully saturated rings. The zero-order valence-corrected chi connectivity index (χ0v) is 14.4. The minimum absolute atomic E-state index is 0.00272. The van der Waals surface area contributed by atoms with Gasteiger partial charge >= 0.3 is 0 Å². The largest absolute Gasteiger partial charge is 0.507 e. The van der Waals surface area contributed by atoms with Gasteiger partial charge in [0.2, 0.25) is 0 Å². The predicted molar refractivity (Wildman–Crippen MR) is 94.7 cm³/mol. The van der Waals surface area contributed by atoms with Crippen LogP contribution in [0.25, 0.3) is 0 Å². The second-order valence-electron chi connectivity index (χ2n) is 4.17.